The van der Waals surface area contributed by atoms with E-state index in [-0.39, 0.29) is 6.61 Å². The molecule has 3 rings (SSSR count). The molecule has 2 aromatic carbocycles. The van der Waals surface area contributed by atoms with Crippen LogP contribution in [0.15, 0.2) is 54.6 Å². The third kappa shape index (κ3) is 1.98. The summed E-state index contributed by atoms with van der Waals surface area (Å²) in [7, 11) is 1.65. The van der Waals surface area contributed by atoms with Crippen LogP contribution in [0.4, 0.5) is 0 Å². The molecule has 0 amide bonds. The van der Waals surface area contributed by atoms with Crippen LogP contribution >= 0.6 is 0 Å². The quantitative estimate of drug-likeness (QED) is 0.778. The Kier molecular flexibility index (Phi) is 2.97. The number of aromatic nitrogens is 1. The molecular weight excluding hydrogens is 238 g/mol. The largest absolute Gasteiger partial charge is 0.497 e. The predicted molar refractivity (Wildman–Crippen MR) is 75.7 cm³/mol. The van der Waals surface area contributed by atoms with Gasteiger partial charge in [0.1, 0.15) is 5.75 Å². The maximum Gasteiger partial charge on any atom is 0.119 e. The molecule has 1 aromatic heterocycles. The molecule has 96 valence electrons. The minimum absolute atomic E-state index is 0.0146. The zero-order valence-electron chi connectivity index (χ0n) is 10.7. The molecular formula is C16H15NO2. The fourth-order valence-corrected chi connectivity index (χ4v) is 2.36. The van der Waals surface area contributed by atoms with Gasteiger partial charge in [-0.3, -0.25) is 0 Å². The number of nitrogens with zero attached hydrogens (tertiary/aromatic N) is 1. The average molecular weight is 253 g/mol. The second-order valence-corrected chi connectivity index (χ2v) is 4.39. The van der Waals surface area contributed by atoms with E-state index < -0.39 is 0 Å². The highest BCUT2D eigenvalue weighted by atomic mass is 16.5. The van der Waals surface area contributed by atoms with Gasteiger partial charge in [-0.05, 0) is 36.4 Å². The lowest BCUT2D eigenvalue weighted by molar-refractivity contribution is 0.275. The summed E-state index contributed by atoms with van der Waals surface area (Å²) < 4.78 is 7.24. The predicted octanol–water partition coefficient (Wildman–Crippen LogP) is 3.13. The molecule has 0 radical (unpaired) electrons. The van der Waals surface area contributed by atoms with Crippen molar-refractivity contribution in [3.05, 3.63) is 60.3 Å². The van der Waals surface area contributed by atoms with Crippen molar-refractivity contribution in [3.8, 4) is 11.4 Å². The molecule has 1 N–H and O–H groups in total. The van der Waals surface area contributed by atoms with E-state index in [0.717, 1.165) is 28.0 Å². The summed E-state index contributed by atoms with van der Waals surface area (Å²) in [5.74, 6) is 0.825. The number of aliphatic hydroxyl groups is 1. The van der Waals surface area contributed by atoms with E-state index in [4.69, 9.17) is 4.74 Å². The highest BCUT2D eigenvalue weighted by molar-refractivity contribution is 5.83. The lowest BCUT2D eigenvalue weighted by Gasteiger charge is -2.10. The summed E-state index contributed by atoms with van der Waals surface area (Å²) in [5.41, 5.74) is 2.99. The average Bonchev–Trinajstić information content (AvgIpc) is 2.86. The van der Waals surface area contributed by atoms with Crippen LogP contribution in [0.25, 0.3) is 16.6 Å². The van der Waals surface area contributed by atoms with Crippen molar-refractivity contribution in [2.24, 2.45) is 0 Å². The summed E-state index contributed by atoms with van der Waals surface area (Å²) in [4.78, 5) is 0. The molecule has 0 saturated heterocycles. The molecule has 0 saturated carbocycles. The summed E-state index contributed by atoms with van der Waals surface area (Å²) in [6, 6.07) is 17.9. The Morgan fingerprint density at radius 2 is 1.79 bits per heavy atom. The molecule has 3 heteroatoms. The molecule has 0 atom stereocenters. The zero-order chi connectivity index (χ0) is 13.2. The van der Waals surface area contributed by atoms with Crippen LogP contribution < -0.4 is 4.74 Å². The first-order chi connectivity index (χ1) is 9.33. The molecule has 3 nitrogen and oxygen atoms in total. The number of rotatable bonds is 3. The molecule has 1 heterocycles. The van der Waals surface area contributed by atoms with Crippen LogP contribution in [0, 0.1) is 0 Å². The number of hydrogen-bond donors (Lipinski definition) is 1. The Bertz CT molecular complexity index is 698. The number of aliphatic hydroxyl groups excluding tert-OH is 1. The number of hydrogen-bond acceptors (Lipinski definition) is 2. The highest BCUT2D eigenvalue weighted by Crippen LogP contribution is 2.25. The second-order valence-electron chi connectivity index (χ2n) is 4.39. The normalized spacial score (nSPS) is 10.8. The van der Waals surface area contributed by atoms with Crippen LogP contribution in [0.5, 0.6) is 5.75 Å². The van der Waals surface area contributed by atoms with E-state index in [1.54, 1.807) is 7.11 Å². The van der Waals surface area contributed by atoms with Crippen LogP contribution in [0.3, 0.4) is 0 Å². The maximum absolute atomic E-state index is 9.54. The van der Waals surface area contributed by atoms with Crippen molar-refractivity contribution in [3.63, 3.8) is 0 Å². The van der Waals surface area contributed by atoms with Crippen LogP contribution in [-0.2, 0) is 6.61 Å². The molecule has 0 aliphatic carbocycles. The van der Waals surface area contributed by atoms with Gasteiger partial charge in [0.25, 0.3) is 0 Å². The van der Waals surface area contributed by atoms with Crippen molar-refractivity contribution in [2.75, 3.05) is 7.11 Å². The second kappa shape index (κ2) is 4.78. The third-order valence-electron chi connectivity index (χ3n) is 3.28. The van der Waals surface area contributed by atoms with E-state index in [9.17, 15) is 5.11 Å². The molecule has 0 unspecified atom stereocenters. The van der Waals surface area contributed by atoms with Gasteiger partial charge in [-0.2, -0.15) is 0 Å². The lowest BCUT2D eigenvalue weighted by Crippen LogP contribution is -1.99. The van der Waals surface area contributed by atoms with Gasteiger partial charge in [-0.1, -0.05) is 18.2 Å². The van der Waals surface area contributed by atoms with Gasteiger partial charge >= 0.3 is 0 Å². The van der Waals surface area contributed by atoms with Crippen molar-refractivity contribution in [1.82, 2.24) is 4.57 Å². The number of para-hydroxylation sites is 1. The molecule has 3 aromatic rings. The fourth-order valence-electron chi connectivity index (χ4n) is 2.36. The highest BCUT2D eigenvalue weighted by Gasteiger charge is 2.09. The van der Waals surface area contributed by atoms with E-state index >= 15 is 0 Å². The Morgan fingerprint density at radius 3 is 2.47 bits per heavy atom. The van der Waals surface area contributed by atoms with E-state index in [0.29, 0.717) is 0 Å². The first-order valence-electron chi connectivity index (χ1n) is 6.18. The molecule has 0 aliphatic rings. The standard InChI is InChI=1S/C16H15NO2/c1-19-15-8-6-13(7-9-15)17-14(11-18)10-12-4-2-3-5-16(12)17/h2-10,18H,11H2,1H3. The molecule has 0 spiro atoms. The zero-order valence-corrected chi connectivity index (χ0v) is 10.7. The molecule has 19 heavy (non-hydrogen) atoms. The van der Waals surface area contributed by atoms with E-state index in [1.807, 2.05) is 42.5 Å². The first-order valence-corrected chi connectivity index (χ1v) is 6.18. The van der Waals surface area contributed by atoms with Gasteiger partial charge in [-0.15, -0.1) is 0 Å². The number of ether oxygens (including phenoxy) is 1. The summed E-state index contributed by atoms with van der Waals surface area (Å²) in [5, 5.41) is 10.7. The Hall–Kier alpha value is -2.26. The van der Waals surface area contributed by atoms with Crippen LogP contribution in [0.2, 0.25) is 0 Å². The Labute approximate surface area is 111 Å². The van der Waals surface area contributed by atoms with Crippen molar-refractivity contribution >= 4 is 10.9 Å². The van der Waals surface area contributed by atoms with Gasteiger partial charge in [-0.25, -0.2) is 0 Å². The van der Waals surface area contributed by atoms with Crippen molar-refractivity contribution in [2.45, 2.75) is 6.61 Å². The van der Waals surface area contributed by atoms with Crippen molar-refractivity contribution < 1.29 is 9.84 Å². The van der Waals surface area contributed by atoms with Gasteiger partial charge in [0.2, 0.25) is 0 Å². The minimum Gasteiger partial charge on any atom is -0.497 e. The Balaban J connectivity index is 2.21. The fraction of sp³-hybridized carbons (Fsp3) is 0.125. The van der Waals surface area contributed by atoms with Crippen LogP contribution in [0.1, 0.15) is 5.69 Å². The van der Waals surface area contributed by atoms with E-state index in [1.165, 1.54) is 0 Å². The maximum atomic E-state index is 9.54. The number of methoxy groups -OCH3 is 1. The van der Waals surface area contributed by atoms with Crippen LogP contribution in [-0.4, -0.2) is 16.8 Å². The lowest BCUT2D eigenvalue weighted by atomic mass is 10.2. The smallest absolute Gasteiger partial charge is 0.119 e. The SMILES string of the molecule is COc1ccc(-n2c(CO)cc3ccccc32)cc1. The first kappa shape index (κ1) is 11.8. The van der Waals surface area contributed by atoms with Gasteiger partial charge in [0.15, 0.2) is 0 Å². The Morgan fingerprint density at radius 1 is 1.05 bits per heavy atom. The van der Waals surface area contributed by atoms with Crippen molar-refractivity contribution in [1.29, 1.82) is 0 Å². The third-order valence-corrected chi connectivity index (χ3v) is 3.28. The summed E-state index contributed by atoms with van der Waals surface area (Å²) in [6.07, 6.45) is 0. The molecule has 0 bridgehead atoms. The number of benzene rings is 2. The topological polar surface area (TPSA) is 34.4 Å². The number of fused-ring (bicyclic) bond motifs is 1. The molecule has 0 aliphatic heterocycles. The summed E-state index contributed by atoms with van der Waals surface area (Å²) >= 11 is 0. The minimum atomic E-state index is 0.0146. The van der Waals surface area contributed by atoms with Gasteiger partial charge in [0.05, 0.1) is 19.2 Å². The summed E-state index contributed by atoms with van der Waals surface area (Å²) in [6.45, 7) is 0.0146. The van der Waals surface area contributed by atoms with Gasteiger partial charge in [0, 0.05) is 16.8 Å². The van der Waals surface area contributed by atoms with Gasteiger partial charge < -0.3 is 14.4 Å². The van der Waals surface area contributed by atoms with E-state index in [2.05, 4.69) is 16.7 Å². The monoisotopic (exact) mass is 253 g/mol. The molecule has 0 fully saturated rings.